The van der Waals surface area contributed by atoms with Gasteiger partial charge in [-0.1, -0.05) is 18.2 Å². The Morgan fingerprint density at radius 3 is 2.66 bits per heavy atom. The van der Waals surface area contributed by atoms with E-state index in [4.69, 9.17) is 4.74 Å². The molecule has 0 bridgehead atoms. The lowest BCUT2D eigenvalue weighted by atomic mass is 9.88. The maximum Gasteiger partial charge on any atom is 0.416 e. The second-order valence-corrected chi connectivity index (χ2v) is 8.85. The molecule has 38 heavy (non-hydrogen) atoms. The van der Waals surface area contributed by atoms with E-state index in [-0.39, 0.29) is 11.4 Å². The number of aryl methyl sites for hydroxylation is 2. The third kappa shape index (κ3) is 5.43. The molecule has 198 valence electrons. The smallest absolute Gasteiger partial charge is 0.416 e. The molecular formula is C26H23F5N6O. The maximum atomic E-state index is 13.6. The lowest BCUT2D eigenvalue weighted by Gasteiger charge is -2.25. The predicted octanol–water partition coefficient (Wildman–Crippen LogP) is 5.93. The summed E-state index contributed by atoms with van der Waals surface area (Å²) in [4.78, 5) is 13.0. The van der Waals surface area contributed by atoms with Crippen LogP contribution in [-0.4, -0.2) is 42.3 Å². The Hall–Kier alpha value is -4.09. The van der Waals surface area contributed by atoms with Crippen LogP contribution in [0.4, 0.5) is 22.0 Å². The molecule has 1 aliphatic rings. The molecule has 1 aromatic carbocycles. The van der Waals surface area contributed by atoms with Crippen molar-refractivity contribution in [1.29, 1.82) is 0 Å². The Bertz CT molecular complexity index is 1460. The normalized spacial score (nSPS) is 15.8. The molecular weight excluding hydrogens is 507 g/mol. The number of alkyl halides is 5. The molecule has 5 rings (SSSR count). The lowest BCUT2D eigenvalue weighted by Crippen LogP contribution is -2.21. The SMILES string of the molecule is Cc1cn(-c2ccc(/C=C/c3nc4n(n3)CCCC4c3ccccc3C(F)(F)F)nc2OCC(F)F)cn1. The number of aromatic nitrogens is 6. The van der Waals surface area contributed by atoms with Crippen LogP contribution in [0.5, 0.6) is 5.88 Å². The van der Waals surface area contributed by atoms with Gasteiger partial charge in [0.05, 0.1) is 23.3 Å². The zero-order valence-corrected chi connectivity index (χ0v) is 20.2. The summed E-state index contributed by atoms with van der Waals surface area (Å²) in [6.07, 6.45) is 0.465. The molecule has 1 unspecified atom stereocenters. The minimum Gasteiger partial charge on any atom is -0.470 e. The zero-order chi connectivity index (χ0) is 26.9. The highest BCUT2D eigenvalue weighted by atomic mass is 19.4. The molecule has 0 amide bonds. The minimum atomic E-state index is -4.47. The van der Waals surface area contributed by atoms with Gasteiger partial charge in [0.2, 0.25) is 5.88 Å². The van der Waals surface area contributed by atoms with Crippen LogP contribution in [0.25, 0.3) is 17.8 Å². The van der Waals surface area contributed by atoms with Crippen molar-refractivity contribution in [3.05, 3.63) is 83.1 Å². The fraction of sp³-hybridized carbons (Fsp3) is 0.308. The summed E-state index contributed by atoms with van der Waals surface area (Å²) in [5.41, 5.74) is 1.09. The van der Waals surface area contributed by atoms with Gasteiger partial charge in [-0.3, -0.25) is 0 Å². The second-order valence-electron chi connectivity index (χ2n) is 8.85. The van der Waals surface area contributed by atoms with Gasteiger partial charge in [0.25, 0.3) is 6.43 Å². The number of rotatable bonds is 7. The first kappa shape index (κ1) is 25.6. The van der Waals surface area contributed by atoms with Crippen molar-refractivity contribution in [3.63, 3.8) is 0 Å². The van der Waals surface area contributed by atoms with E-state index in [9.17, 15) is 22.0 Å². The zero-order valence-electron chi connectivity index (χ0n) is 20.2. The first-order valence-corrected chi connectivity index (χ1v) is 11.9. The van der Waals surface area contributed by atoms with Gasteiger partial charge < -0.3 is 9.30 Å². The number of imidazole rings is 1. The quantitative estimate of drug-likeness (QED) is 0.277. The number of hydrogen-bond donors (Lipinski definition) is 0. The monoisotopic (exact) mass is 530 g/mol. The molecule has 12 heteroatoms. The summed E-state index contributed by atoms with van der Waals surface area (Å²) >= 11 is 0. The van der Waals surface area contributed by atoms with Crippen LogP contribution >= 0.6 is 0 Å². The largest absolute Gasteiger partial charge is 0.470 e. The summed E-state index contributed by atoms with van der Waals surface area (Å²) in [7, 11) is 0. The third-order valence-corrected chi connectivity index (χ3v) is 6.13. The number of ether oxygens (including phenoxy) is 1. The van der Waals surface area contributed by atoms with Gasteiger partial charge in [0, 0.05) is 18.7 Å². The van der Waals surface area contributed by atoms with E-state index in [0.717, 1.165) is 11.8 Å². The average molecular weight is 531 g/mol. The molecule has 0 fully saturated rings. The molecule has 1 aliphatic heterocycles. The highest BCUT2D eigenvalue weighted by molar-refractivity contribution is 5.65. The first-order valence-electron chi connectivity index (χ1n) is 11.9. The molecule has 0 saturated heterocycles. The summed E-state index contributed by atoms with van der Waals surface area (Å²) in [5, 5.41) is 4.45. The third-order valence-electron chi connectivity index (χ3n) is 6.13. The molecule has 4 aromatic rings. The van der Waals surface area contributed by atoms with E-state index >= 15 is 0 Å². The fourth-order valence-corrected chi connectivity index (χ4v) is 4.49. The van der Waals surface area contributed by atoms with Crippen LogP contribution < -0.4 is 4.74 Å². The summed E-state index contributed by atoms with van der Waals surface area (Å²) in [5.74, 6) is 0.238. The van der Waals surface area contributed by atoms with Crippen molar-refractivity contribution in [1.82, 2.24) is 29.3 Å². The van der Waals surface area contributed by atoms with Gasteiger partial charge in [-0.2, -0.15) is 18.3 Å². The molecule has 0 aliphatic carbocycles. The van der Waals surface area contributed by atoms with E-state index in [1.54, 1.807) is 52.7 Å². The maximum absolute atomic E-state index is 13.6. The van der Waals surface area contributed by atoms with Crippen LogP contribution in [0, 0.1) is 6.92 Å². The Morgan fingerprint density at radius 2 is 1.92 bits per heavy atom. The Morgan fingerprint density at radius 1 is 1.11 bits per heavy atom. The van der Waals surface area contributed by atoms with E-state index in [1.165, 1.54) is 18.5 Å². The van der Waals surface area contributed by atoms with Crippen molar-refractivity contribution < 1.29 is 26.7 Å². The first-order chi connectivity index (χ1) is 18.2. The van der Waals surface area contributed by atoms with Crippen LogP contribution in [0.1, 0.15) is 52.9 Å². The van der Waals surface area contributed by atoms with E-state index in [1.807, 2.05) is 0 Å². The standard InChI is InChI=1S/C26H23F5N6O/c1-16-13-36(15-32-16)21-10-8-17(33-25(21)38-14-22(27)28)9-11-23-34-24-19(6-4-12-37(24)35-23)18-5-2-3-7-20(18)26(29,30)31/h2-3,5,7-11,13,15,19,22H,4,6,12,14H2,1H3/b11-9+. The lowest BCUT2D eigenvalue weighted by molar-refractivity contribution is -0.138. The van der Waals surface area contributed by atoms with Crippen LogP contribution in [0.2, 0.25) is 0 Å². The summed E-state index contributed by atoms with van der Waals surface area (Å²) in [6, 6.07) is 8.88. The van der Waals surface area contributed by atoms with Gasteiger partial charge in [0.15, 0.2) is 12.4 Å². The molecule has 0 N–H and O–H groups in total. The molecule has 1 atom stereocenters. The van der Waals surface area contributed by atoms with Crippen molar-refractivity contribution in [2.75, 3.05) is 6.61 Å². The average Bonchev–Trinajstić information content (AvgIpc) is 3.51. The number of hydrogen-bond acceptors (Lipinski definition) is 5. The molecule has 3 aromatic heterocycles. The number of nitrogens with zero attached hydrogens (tertiary/aromatic N) is 6. The van der Waals surface area contributed by atoms with Crippen molar-refractivity contribution >= 4 is 12.2 Å². The van der Waals surface area contributed by atoms with Crippen molar-refractivity contribution in [3.8, 4) is 11.6 Å². The number of halogens is 5. The molecule has 7 nitrogen and oxygen atoms in total. The fourth-order valence-electron chi connectivity index (χ4n) is 4.49. The summed E-state index contributed by atoms with van der Waals surface area (Å²) in [6.45, 7) is 1.52. The second kappa shape index (κ2) is 10.3. The van der Waals surface area contributed by atoms with E-state index < -0.39 is 30.7 Å². The predicted molar refractivity (Wildman–Crippen MR) is 129 cm³/mol. The molecule has 4 heterocycles. The van der Waals surface area contributed by atoms with Crippen molar-refractivity contribution in [2.45, 2.75) is 44.8 Å². The van der Waals surface area contributed by atoms with Gasteiger partial charge in [0.1, 0.15) is 11.5 Å². The Labute approximate surface area is 214 Å². The van der Waals surface area contributed by atoms with E-state index in [0.29, 0.717) is 42.4 Å². The Kier molecular flexibility index (Phi) is 6.96. The van der Waals surface area contributed by atoms with Gasteiger partial charge in [-0.25, -0.2) is 28.4 Å². The Balaban J connectivity index is 1.43. The topological polar surface area (TPSA) is 70.7 Å². The van der Waals surface area contributed by atoms with E-state index in [2.05, 4.69) is 20.1 Å². The molecule has 0 spiro atoms. The highest BCUT2D eigenvalue weighted by Crippen LogP contribution is 2.40. The van der Waals surface area contributed by atoms with Gasteiger partial charge >= 0.3 is 6.18 Å². The highest BCUT2D eigenvalue weighted by Gasteiger charge is 2.37. The molecule has 0 radical (unpaired) electrons. The summed E-state index contributed by atoms with van der Waals surface area (Å²) < 4.78 is 75.1. The van der Waals surface area contributed by atoms with Crippen LogP contribution in [0.15, 0.2) is 48.9 Å². The minimum absolute atomic E-state index is 0.00534. The van der Waals surface area contributed by atoms with Crippen LogP contribution in [0.3, 0.4) is 0 Å². The number of fused-ring (bicyclic) bond motifs is 1. The van der Waals surface area contributed by atoms with Gasteiger partial charge in [-0.05, 0) is 55.7 Å². The number of pyridine rings is 1. The molecule has 0 saturated carbocycles. The van der Waals surface area contributed by atoms with Crippen LogP contribution in [-0.2, 0) is 12.7 Å². The van der Waals surface area contributed by atoms with Crippen molar-refractivity contribution in [2.24, 2.45) is 0 Å². The van der Waals surface area contributed by atoms with Gasteiger partial charge in [-0.15, -0.1) is 0 Å². The number of benzene rings is 1.